The van der Waals surface area contributed by atoms with Crippen LogP contribution in [0.4, 0.5) is 5.69 Å². The highest BCUT2D eigenvalue weighted by atomic mass is 16.4. The van der Waals surface area contributed by atoms with Gasteiger partial charge in [0.25, 0.3) is 0 Å². The van der Waals surface area contributed by atoms with Crippen molar-refractivity contribution in [2.24, 2.45) is 0 Å². The molecule has 0 amide bonds. The number of hydrogen-bond acceptors (Lipinski definition) is 5. The molecule has 2 aliphatic rings. The summed E-state index contributed by atoms with van der Waals surface area (Å²) in [4.78, 5) is 19.7. The van der Waals surface area contributed by atoms with Crippen molar-refractivity contribution >= 4 is 22.3 Å². The van der Waals surface area contributed by atoms with Crippen molar-refractivity contribution in [2.45, 2.75) is 25.4 Å². The molecule has 2 fully saturated rings. The zero-order chi connectivity index (χ0) is 18.8. The normalized spacial score (nSPS) is 21.2. The molecule has 2 atom stereocenters. The Labute approximate surface area is 161 Å². The smallest absolute Gasteiger partial charge is 0.345 e. The van der Waals surface area contributed by atoms with Crippen LogP contribution in [0.25, 0.3) is 27.9 Å². The maximum Gasteiger partial charge on any atom is 0.345 e. The van der Waals surface area contributed by atoms with E-state index in [-0.39, 0.29) is 5.63 Å². The maximum atomic E-state index is 12.7. The maximum absolute atomic E-state index is 12.7. The van der Waals surface area contributed by atoms with E-state index in [1.807, 2.05) is 54.0 Å². The number of imidazole rings is 1. The SMILES string of the molecule is Cc1ccc2nc(-c3cc4ccc(N5CC6CC5CN6)cc4oc3=O)cn2c1. The fourth-order valence-corrected chi connectivity index (χ4v) is 4.57. The van der Waals surface area contributed by atoms with Gasteiger partial charge in [0.05, 0.1) is 11.3 Å². The van der Waals surface area contributed by atoms with Gasteiger partial charge >= 0.3 is 5.63 Å². The summed E-state index contributed by atoms with van der Waals surface area (Å²) in [6, 6.07) is 13.1. The van der Waals surface area contributed by atoms with Crippen molar-refractivity contribution < 1.29 is 4.42 Å². The minimum Gasteiger partial charge on any atom is -0.422 e. The van der Waals surface area contributed by atoms with E-state index in [4.69, 9.17) is 4.42 Å². The molecule has 140 valence electrons. The molecule has 6 heteroatoms. The van der Waals surface area contributed by atoms with Gasteiger partial charge in [-0.2, -0.15) is 0 Å². The Hall–Kier alpha value is -3.12. The number of piperazine rings is 1. The van der Waals surface area contributed by atoms with Crippen LogP contribution in [0.3, 0.4) is 0 Å². The van der Waals surface area contributed by atoms with Gasteiger partial charge in [-0.05, 0) is 43.2 Å². The van der Waals surface area contributed by atoms with Crippen molar-refractivity contribution in [3.05, 3.63) is 64.8 Å². The molecule has 1 aromatic carbocycles. The summed E-state index contributed by atoms with van der Waals surface area (Å²) < 4.78 is 7.64. The molecule has 0 radical (unpaired) electrons. The number of rotatable bonds is 2. The van der Waals surface area contributed by atoms with Gasteiger partial charge in [-0.25, -0.2) is 9.78 Å². The fraction of sp³-hybridized carbons (Fsp3) is 0.273. The van der Waals surface area contributed by atoms with Gasteiger partial charge < -0.3 is 19.0 Å². The Balaban J connectivity index is 1.43. The predicted molar refractivity (Wildman–Crippen MR) is 109 cm³/mol. The summed E-state index contributed by atoms with van der Waals surface area (Å²) in [5, 5.41) is 4.43. The average molecular weight is 372 g/mol. The Bertz CT molecular complexity index is 1290. The molecule has 6 nitrogen and oxygen atoms in total. The first-order chi connectivity index (χ1) is 13.6. The molecule has 2 unspecified atom stereocenters. The quantitative estimate of drug-likeness (QED) is 0.548. The van der Waals surface area contributed by atoms with Gasteiger partial charge in [0.2, 0.25) is 0 Å². The highest BCUT2D eigenvalue weighted by molar-refractivity contribution is 5.84. The van der Waals surface area contributed by atoms with Crippen LogP contribution in [0.15, 0.2) is 58.0 Å². The second-order valence-corrected chi connectivity index (χ2v) is 7.91. The number of pyridine rings is 1. The van der Waals surface area contributed by atoms with E-state index in [2.05, 4.69) is 21.3 Å². The zero-order valence-electron chi connectivity index (χ0n) is 15.6. The zero-order valence-corrected chi connectivity index (χ0v) is 15.6. The third-order valence-corrected chi connectivity index (χ3v) is 5.98. The summed E-state index contributed by atoms with van der Waals surface area (Å²) in [7, 11) is 0. The summed E-state index contributed by atoms with van der Waals surface area (Å²) in [6.07, 6.45) is 5.07. The number of aryl methyl sites for hydroxylation is 1. The predicted octanol–water partition coefficient (Wildman–Crippen LogP) is 2.97. The Morgan fingerprint density at radius 1 is 1.18 bits per heavy atom. The molecule has 0 aliphatic carbocycles. The van der Waals surface area contributed by atoms with Crippen LogP contribution in [-0.4, -0.2) is 34.6 Å². The van der Waals surface area contributed by atoms with E-state index in [9.17, 15) is 4.79 Å². The Kier molecular flexibility index (Phi) is 3.23. The van der Waals surface area contributed by atoms with Crippen LogP contribution < -0.4 is 15.8 Å². The topological polar surface area (TPSA) is 62.8 Å². The molecule has 0 spiro atoms. The number of benzene rings is 1. The molecule has 28 heavy (non-hydrogen) atoms. The molecular formula is C22H20N4O2. The van der Waals surface area contributed by atoms with E-state index >= 15 is 0 Å². The lowest BCUT2D eigenvalue weighted by Gasteiger charge is -2.29. The molecule has 5 heterocycles. The second kappa shape index (κ2) is 5.69. The van der Waals surface area contributed by atoms with Gasteiger partial charge in [-0.15, -0.1) is 0 Å². The lowest BCUT2D eigenvalue weighted by Crippen LogP contribution is -2.43. The standard InChI is InChI=1S/C22H20N4O2/c1-13-2-5-21-24-19(12-25(21)10-13)18-6-14-3-4-16(8-20(14)28-22(18)27)26-11-15-7-17(26)9-23-15/h2-6,8,10,12,15,17,23H,7,9,11H2,1H3. The van der Waals surface area contributed by atoms with Crippen molar-refractivity contribution in [1.82, 2.24) is 14.7 Å². The highest BCUT2D eigenvalue weighted by Crippen LogP contribution is 2.32. The first-order valence-electron chi connectivity index (χ1n) is 9.68. The number of nitrogens with zero attached hydrogens (tertiary/aromatic N) is 3. The summed E-state index contributed by atoms with van der Waals surface area (Å²) in [5.41, 5.74) is 4.48. The van der Waals surface area contributed by atoms with Crippen LogP contribution in [0, 0.1) is 6.92 Å². The Morgan fingerprint density at radius 2 is 2.11 bits per heavy atom. The summed E-state index contributed by atoms with van der Waals surface area (Å²) in [5.74, 6) is 0. The molecule has 4 aromatic rings. The minimum absolute atomic E-state index is 0.352. The number of hydrogen-bond donors (Lipinski definition) is 1. The largest absolute Gasteiger partial charge is 0.422 e. The van der Waals surface area contributed by atoms with E-state index in [1.54, 1.807) is 0 Å². The van der Waals surface area contributed by atoms with Crippen molar-refractivity contribution in [2.75, 3.05) is 18.0 Å². The lowest BCUT2D eigenvalue weighted by molar-refractivity contribution is 0.561. The van der Waals surface area contributed by atoms with Crippen molar-refractivity contribution in [1.29, 1.82) is 0 Å². The molecule has 6 rings (SSSR count). The minimum atomic E-state index is -0.352. The van der Waals surface area contributed by atoms with Crippen molar-refractivity contribution in [3.63, 3.8) is 0 Å². The second-order valence-electron chi connectivity index (χ2n) is 7.91. The molecule has 2 bridgehead atoms. The van der Waals surface area contributed by atoms with E-state index < -0.39 is 0 Å². The molecule has 3 aromatic heterocycles. The van der Waals surface area contributed by atoms with Gasteiger partial charge in [0, 0.05) is 54.7 Å². The first kappa shape index (κ1) is 15.9. The third-order valence-electron chi connectivity index (χ3n) is 5.98. The molecule has 1 N–H and O–H groups in total. The van der Waals surface area contributed by atoms with Crippen molar-refractivity contribution in [3.8, 4) is 11.3 Å². The number of aromatic nitrogens is 2. The van der Waals surface area contributed by atoms with Crippen LogP contribution in [0.5, 0.6) is 0 Å². The third kappa shape index (κ3) is 2.38. The Morgan fingerprint density at radius 3 is 2.93 bits per heavy atom. The molecule has 2 saturated heterocycles. The van der Waals surface area contributed by atoms with E-state index in [0.717, 1.165) is 35.4 Å². The van der Waals surface area contributed by atoms with Crippen LogP contribution in [0.1, 0.15) is 12.0 Å². The lowest BCUT2D eigenvalue weighted by atomic mass is 10.1. The van der Waals surface area contributed by atoms with Gasteiger partial charge in [-0.3, -0.25) is 0 Å². The summed E-state index contributed by atoms with van der Waals surface area (Å²) >= 11 is 0. The number of fused-ring (bicyclic) bond motifs is 4. The highest BCUT2D eigenvalue weighted by Gasteiger charge is 2.37. The molecular weight excluding hydrogens is 352 g/mol. The van der Waals surface area contributed by atoms with E-state index in [1.165, 1.54) is 6.42 Å². The van der Waals surface area contributed by atoms with Gasteiger partial charge in [0.1, 0.15) is 11.2 Å². The number of anilines is 1. The van der Waals surface area contributed by atoms with Crippen LogP contribution >= 0.6 is 0 Å². The monoisotopic (exact) mass is 372 g/mol. The van der Waals surface area contributed by atoms with Gasteiger partial charge in [-0.1, -0.05) is 6.07 Å². The number of nitrogens with one attached hydrogen (secondary N) is 1. The van der Waals surface area contributed by atoms with Gasteiger partial charge in [0.15, 0.2) is 0 Å². The first-order valence-corrected chi connectivity index (χ1v) is 9.68. The van der Waals surface area contributed by atoms with Crippen LogP contribution in [0.2, 0.25) is 0 Å². The fourth-order valence-electron chi connectivity index (χ4n) is 4.57. The molecule has 0 saturated carbocycles. The van der Waals surface area contributed by atoms with E-state index in [0.29, 0.717) is 28.9 Å². The summed E-state index contributed by atoms with van der Waals surface area (Å²) in [6.45, 7) is 4.07. The van der Waals surface area contributed by atoms with Crippen LogP contribution in [-0.2, 0) is 0 Å². The molecule has 2 aliphatic heterocycles. The average Bonchev–Trinajstić information content (AvgIpc) is 3.41.